The van der Waals surface area contributed by atoms with Crippen LogP contribution in [0.3, 0.4) is 0 Å². The molecule has 3 aromatic rings. The van der Waals surface area contributed by atoms with Crippen LogP contribution in [0.25, 0.3) is 22.2 Å². The molecular weight excluding hydrogens is 250 g/mol. The fraction of sp³-hybridized carbons (Fsp3) is 0.133. The molecule has 1 aromatic carbocycles. The van der Waals surface area contributed by atoms with Gasteiger partial charge in [-0.05, 0) is 30.7 Å². The summed E-state index contributed by atoms with van der Waals surface area (Å²) in [7, 11) is 1.79. The van der Waals surface area contributed by atoms with E-state index in [0.717, 1.165) is 27.9 Å². The van der Waals surface area contributed by atoms with Crippen molar-refractivity contribution in [3.8, 4) is 11.1 Å². The number of hydrogen-bond donors (Lipinski definition) is 2. The summed E-state index contributed by atoms with van der Waals surface area (Å²) >= 11 is 0. The lowest BCUT2D eigenvalue weighted by Gasteiger charge is -2.08. The Hall–Kier alpha value is -2.69. The van der Waals surface area contributed by atoms with Gasteiger partial charge in [0.15, 0.2) is 5.65 Å². The molecule has 0 atom stereocenters. The number of aryl methyl sites for hydroxylation is 1. The highest BCUT2D eigenvalue weighted by Crippen LogP contribution is 2.26. The number of benzene rings is 1. The number of nitrogens with zero attached hydrogens (tertiary/aromatic N) is 3. The van der Waals surface area contributed by atoms with Crippen molar-refractivity contribution in [3.05, 3.63) is 42.2 Å². The summed E-state index contributed by atoms with van der Waals surface area (Å²) in [5.74, 6) is 0.570. The van der Waals surface area contributed by atoms with Gasteiger partial charge in [-0.3, -0.25) is 0 Å². The van der Waals surface area contributed by atoms with Gasteiger partial charge in [-0.15, -0.1) is 0 Å². The Morgan fingerprint density at radius 1 is 1.15 bits per heavy atom. The van der Waals surface area contributed by atoms with Crippen molar-refractivity contribution in [2.24, 2.45) is 0 Å². The van der Waals surface area contributed by atoms with Gasteiger partial charge in [-0.25, -0.2) is 9.97 Å². The lowest BCUT2D eigenvalue weighted by Crippen LogP contribution is -1.98. The monoisotopic (exact) mass is 265 g/mol. The van der Waals surface area contributed by atoms with Crippen molar-refractivity contribution in [1.29, 1.82) is 0 Å². The second kappa shape index (κ2) is 4.77. The van der Waals surface area contributed by atoms with Crippen LogP contribution in [-0.4, -0.2) is 22.0 Å². The summed E-state index contributed by atoms with van der Waals surface area (Å²) < 4.78 is 0. The Morgan fingerprint density at radius 3 is 2.75 bits per heavy atom. The highest BCUT2D eigenvalue weighted by atomic mass is 15.1. The van der Waals surface area contributed by atoms with Crippen LogP contribution in [0.5, 0.6) is 0 Å². The minimum atomic E-state index is 0.570. The van der Waals surface area contributed by atoms with Crippen molar-refractivity contribution in [1.82, 2.24) is 15.0 Å². The van der Waals surface area contributed by atoms with Crippen molar-refractivity contribution in [2.75, 3.05) is 18.1 Å². The molecule has 2 aromatic heterocycles. The number of pyridine rings is 1. The smallest absolute Gasteiger partial charge is 0.224 e. The molecule has 20 heavy (non-hydrogen) atoms. The Bertz CT molecular complexity index is 782. The molecule has 0 aliphatic rings. The number of nitrogen functional groups attached to an aromatic ring is 1. The Balaban J connectivity index is 2.20. The van der Waals surface area contributed by atoms with Crippen LogP contribution in [0.15, 0.2) is 36.5 Å². The van der Waals surface area contributed by atoms with Crippen LogP contribution < -0.4 is 11.1 Å². The summed E-state index contributed by atoms with van der Waals surface area (Å²) in [5.41, 5.74) is 10.3. The maximum atomic E-state index is 5.84. The molecule has 0 aliphatic carbocycles. The molecule has 0 spiro atoms. The first-order chi connectivity index (χ1) is 9.67. The van der Waals surface area contributed by atoms with Crippen LogP contribution in [0, 0.1) is 6.92 Å². The van der Waals surface area contributed by atoms with Gasteiger partial charge in [0.05, 0.1) is 0 Å². The average Bonchev–Trinajstić information content (AvgIpc) is 2.46. The van der Waals surface area contributed by atoms with E-state index in [0.29, 0.717) is 11.6 Å². The van der Waals surface area contributed by atoms with Crippen molar-refractivity contribution in [3.63, 3.8) is 0 Å². The molecule has 2 heterocycles. The second-order valence-corrected chi connectivity index (χ2v) is 4.60. The van der Waals surface area contributed by atoms with Crippen LogP contribution in [-0.2, 0) is 0 Å². The van der Waals surface area contributed by atoms with Gasteiger partial charge in [-0.2, -0.15) is 4.98 Å². The zero-order valence-corrected chi connectivity index (χ0v) is 11.4. The lowest BCUT2D eigenvalue weighted by atomic mass is 10.0. The zero-order valence-electron chi connectivity index (χ0n) is 11.4. The first-order valence-corrected chi connectivity index (χ1v) is 6.35. The van der Waals surface area contributed by atoms with Crippen LogP contribution >= 0.6 is 0 Å². The molecule has 0 radical (unpaired) electrons. The van der Waals surface area contributed by atoms with Crippen molar-refractivity contribution < 1.29 is 0 Å². The second-order valence-electron chi connectivity index (χ2n) is 4.60. The van der Waals surface area contributed by atoms with E-state index in [1.807, 2.05) is 37.3 Å². The number of nitrogens with two attached hydrogens (primary N) is 1. The van der Waals surface area contributed by atoms with E-state index >= 15 is 0 Å². The highest BCUT2D eigenvalue weighted by Gasteiger charge is 2.08. The molecule has 5 nitrogen and oxygen atoms in total. The molecule has 100 valence electrons. The van der Waals surface area contributed by atoms with E-state index in [4.69, 9.17) is 5.73 Å². The number of fused-ring (bicyclic) bond motifs is 1. The van der Waals surface area contributed by atoms with Crippen LogP contribution in [0.4, 0.5) is 11.6 Å². The Morgan fingerprint density at radius 2 is 2.00 bits per heavy atom. The van der Waals surface area contributed by atoms with Crippen LogP contribution in [0.1, 0.15) is 5.69 Å². The molecule has 5 heteroatoms. The fourth-order valence-electron chi connectivity index (χ4n) is 2.17. The van der Waals surface area contributed by atoms with Gasteiger partial charge in [0, 0.05) is 35.6 Å². The Labute approximate surface area is 116 Å². The lowest BCUT2D eigenvalue weighted by molar-refractivity contribution is 1.14. The SMILES string of the molecule is CNc1ncc2cc(-c3cccc(N)c3)c(C)nc2n1. The summed E-state index contributed by atoms with van der Waals surface area (Å²) in [6.45, 7) is 1.97. The first kappa shape index (κ1) is 12.3. The minimum Gasteiger partial charge on any atom is -0.399 e. The van der Waals surface area contributed by atoms with Crippen molar-refractivity contribution >= 4 is 22.7 Å². The molecule has 0 fully saturated rings. The standard InChI is InChI=1S/C15H15N5/c1-9-13(10-4-3-5-12(16)6-10)7-11-8-18-15(17-2)20-14(11)19-9/h3-8H,16H2,1-2H3,(H,17,18,19,20). The van der Waals surface area contributed by atoms with Gasteiger partial charge >= 0.3 is 0 Å². The molecule has 0 unspecified atom stereocenters. The van der Waals surface area contributed by atoms with Gasteiger partial charge in [0.1, 0.15) is 0 Å². The van der Waals surface area contributed by atoms with E-state index in [2.05, 4.69) is 20.3 Å². The predicted octanol–water partition coefficient (Wildman–Crippen LogP) is 2.62. The predicted molar refractivity (Wildman–Crippen MR) is 81.5 cm³/mol. The number of nitrogens with one attached hydrogen (secondary N) is 1. The third-order valence-corrected chi connectivity index (χ3v) is 3.18. The first-order valence-electron chi connectivity index (χ1n) is 6.35. The van der Waals surface area contributed by atoms with Crippen molar-refractivity contribution in [2.45, 2.75) is 6.92 Å². The largest absolute Gasteiger partial charge is 0.399 e. The van der Waals surface area contributed by atoms with Gasteiger partial charge in [0.2, 0.25) is 5.95 Å². The molecule has 0 saturated carbocycles. The Kier molecular flexibility index (Phi) is 2.95. The number of aromatic nitrogens is 3. The number of rotatable bonds is 2. The van der Waals surface area contributed by atoms with E-state index < -0.39 is 0 Å². The average molecular weight is 265 g/mol. The quantitative estimate of drug-likeness (QED) is 0.696. The third kappa shape index (κ3) is 2.14. The molecule has 0 amide bonds. The number of anilines is 2. The van der Waals surface area contributed by atoms with Gasteiger partial charge in [-0.1, -0.05) is 12.1 Å². The number of hydrogen-bond acceptors (Lipinski definition) is 5. The molecule has 0 saturated heterocycles. The normalized spacial score (nSPS) is 10.7. The molecule has 0 bridgehead atoms. The minimum absolute atomic E-state index is 0.570. The molecule has 3 N–H and O–H groups in total. The molecule has 3 rings (SSSR count). The zero-order chi connectivity index (χ0) is 14.1. The molecular formula is C15H15N5. The van der Waals surface area contributed by atoms with E-state index in [1.54, 1.807) is 13.2 Å². The topological polar surface area (TPSA) is 76.7 Å². The summed E-state index contributed by atoms with van der Waals surface area (Å²) in [6, 6.07) is 9.82. The molecule has 0 aliphatic heterocycles. The summed E-state index contributed by atoms with van der Waals surface area (Å²) in [4.78, 5) is 13.1. The maximum absolute atomic E-state index is 5.84. The van der Waals surface area contributed by atoms with E-state index in [9.17, 15) is 0 Å². The third-order valence-electron chi connectivity index (χ3n) is 3.18. The van der Waals surface area contributed by atoms with Crippen LogP contribution in [0.2, 0.25) is 0 Å². The summed E-state index contributed by atoms with van der Waals surface area (Å²) in [5, 5.41) is 3.82. The van der Waals surface area contributed by atoms with E-state index in [1.165, 1.54) is 0 Å². The fourth-order valence-corrected chi connectivity index (χ4v) is 2.17. The van der Waals surface area contributed by atoms with E-state index in [-0.39, 0.29) is 0 Å². The highest BCUT2D eigenvalue weighted by molar-refractivity contribution is 5.83. The van der Waals surface area contributed by atoms with Gasteiger partial charge < -0.3 is 11.1 Å². The summed E-state index contributed by atoms with van der Waals surface area (Å²) in [6.07, 6.45) is 1.77. The van der Waals surface area contributed by atoms with Gasteiger partial charge in [0.25, 0.3) is 0 Å². The maximum Gasteiger partial charge on any atom is 0.224 e.